The molecule has 0 aliphatic carbocycles. The third kappa shape index (κ3) is 7.47. The summed E-state index contributed by atoms with van der Waals surface area (Å²) in [6.07, 6.45) is 2.87. The van der Waals surface area contributed by atoms with E-state index in [1.807, 2.05) is 24.1 Å². The third-order valence-corrected chi connectivity index (χ3v) is 7.05. The second kappa shape index (κ2) is 12.9. The molecule has 1 aliphatic heterocycles. The molecule has 1 aliphatic rings. The molecule has 198 valence electrons. The number of aliphatic hydroxyl groups is 1. The summed E-state index contributed by atoms with van der Waals surface area (Å²) in [5.74, 6) is 0.121. The molecule has 8 nitrogen and oxygen atoms in total. The number of aromatic nitrogens is 3. The molecular weight excluding hydrogens is 466 g/mol. The molecule has 2 bridgehead atoms. The van der Waals surface area contributed by atoms with Crippen molar-refractivity contribution in [3.8, 4) is 11.1 Å². The molecule has 8 heteroatoms. The highest BCUT2D eigenvalue weighted by Gasteiger charge is 2.28. The summed E-state index contributed by atoms with van der Waals surface area (Å²) in [6.45, 7) is 6.98. The molecule has 2 aromatic carbocycles. The van der Waals surface area contributed by atoms with Crippen molar-refractivity contribution in [2.24, 2.45) is 5.92 Å². The lowest BCUT2D eigenvalue weighted by atomic mass is 10.0. The van der Waals surface area contributed by atoms with Crippen LogP contribution < -0.4 is 0 Å². The maximum absolute atomic E-state index is 13.0. The Hall–Kier alpha value is -3.07. The minimum atomic E-state index is -0.237. The molecule has 2 heterocycles. The number of rotatable bonds is 7. The highest BCUT2D eigenvalue weighted by molar-refractivity contribution is 5.76. The summed E-state index contributed by atoms with van der Waals surface area (Å²) >= 11 is 0. The van der Waals surface area contributed by atoms with E-state index < -0.39 is 0 Å². The van der Waals surface area contributed by atoms with Gasteiger partial charge < -0.3 is 14.7 Å². The molecule has 0 radical (unpaired) electrons. The highest BCUT2D eigenvalue weighted by atomic mass is 16.5. The first kappa shape index (κ1) is 27.0. The number of carbonyl (C=O) groups is 1. The van der Waals surface area contributed by atoms with Gasteiger partial charge in [0.2, 0.25) is 5.91 Å². The number of fused-ring (bicyclic) bond motifs is 2. The van der Waals surface area contributed by atoms with Crippen LogP contribution in [0.5, 0.6) is 0 Å². The van der Waals surface area contributed by atoms with Gasteiger partial charge in [0, 0.05) is 38.5 Å². The quantitative estimate of drug-likeness (QED) is 0.528. The van der Waals surface area contributed by atoms with Gasteiger partial charge in [-0.25, -0.2) is 0 Å². The van der Waals surface area contributed by atoms with Crippen LogP contribution in [-0.4, -0.2) is 74.7 Å². The van der Waals surface area contributed by atoms with Crippen LogP contribution in [0, 0.1) is 5.92 Å². The van der Waals surface area contributed by atoms with Crippen LogP contribution in [0.25, 0.3) is 11.1 Å². The number of ether oxygens (including phenoxy) is 1. The molecule has 4 rings (SSSR count). The zero-order valence-corrected chi connectivity index (χ0v) is 22.2. The Morgan fingerprint density at radius 2 is 1.86 bits per heavy atom. The summed E-state index contributed by atoms with van der Waals surface area (Å²) in [4.78, 5) is 17.1. The number of aryl methyl sites for hydroxylation is 1. The molecule has 0 unspecified atom stereocenters. The summed E-state index contributed by atoms with van der Waals surface area (Å²) in [5, 5.41) is 18.2. The Balaban J connectivity index is 1.45. The Bertz CT molecular complexity index is 1120. The van der Waals surface area contributed by atoms with Gasteiger partial charge in [-0.2, -0.15) is 0 Å². The van der Waals surface area contributed by atoms with E-state index in [-0.39, 0.29) is 30.6 Å². The van der Waals surface area contributed by atoms with E-state index in [0.29, 0.717) is 39.1 Å². The molecule has 1 N–H and O–H groups in total. The molecule has 3 aromatic rings. The summed E-state index contributed by atoms with van der Waals surface area (Å²) in [7, 11) is 2.10. The van der Waals surface area contributed by atoms with E-state index in [4.69, 9.17) is 4.74 Å². The van der Waals surface area contributed by atoms with Crippen LogP contribution in [0.1, 0.15) is 37.9 Å². The van der Waals surface area contributed by atoms with Crippen molar-refractivity contribution in [2.75, 3.05) is 26.7 Å². The molecule has 0 saturated heterocycles. The number of carbonyl (C=O) groups excluding carboxylic acids is 1. The maximum Gasteiger partial charge on any atom is 0.222 e. The minimum absolute atomic E-state index is 0.0543. The third-order valence-electron chi connectivity index (χ3n) is 7.05. The molecular formula is C29H39N5O3. The van der Waals surface area contributed by atoms with E-state index in [2.05, 4.69) is 77.7 Å². The summed E-state index contributed by atoms with van der Waals surface area (Å²) < 4.78 is 8.16. The largest absolute Gasteiger partial charge is 0.394 e. The van der Waals surface area contributed by atoms with Crippen LogP contribution >= 0.6 is 0 Å². The van der Waals surface area contributed by atoms with Gasteiger partial charge in [0.1, 0.15) is 5.69 Å². The van der Waals surface area contributed by atoms with Crippen molar-refractivity contribution in [3.05, 3.63) is 72.1 Å². The van der Waals surface area contributed by atoms with Gasteiger partial charge in [-0.15, -0.1) is 5.10 Å². The fourth-order valence-electron chi connectivity index (χ4n) is 4.81. The van der Waals surface area contributed by atoms with Gasteiger partial charge in [0.05, 0.1) is 31.6 Å². The lowest BCUT2D eigenvalue weighted by Crippen LogP contribution is -2.47. The number of nitrogens with zero attached hydrogens (tertiary/aromatic N) is 5. The number of aliphatic hydroxyl groups excluding tert-OH is 1. The monoisotopic (exact) mass is 505 g/mol. The number of benzene rings is 2. The van der Waals surface area contributed by atoms with Crippen molar-refractivity contribution >= 4 is 5.91 Å². The Morgan fingerprint density at radius 3 is 2.59 bits per heavy atom. The van der Waals surface area contributed by atoms with Gasteiger partial charge in [-0.1, -0.05) is 66.7 Å². The van der Waals surface area contributed by atoms with Crippen molar-refractivity contribution in [2.45, 2.75) is 58.5 Å². The average molecular weight is 506 g/mol. The zero-order chi connectivity index (χ0) is 26.2. The molecule has 1 aromatic heterocycles. The van der Waals surface area contributed by atoms with Crippen LogP contribution in [0.2, 0.25) is 0 Å². The van der Waals surface area contributed by atoms with E-state index in [1.165, 1.54) is 16.7 Å². The Kier molecular flexibility index (Phi) is 9.44. The maximum atomic E-state index is 13.0. The van der Waals surface area contributed by atoms with Gasteiger partial charge in [0.15, 0.2) is 0 Å². The van der Waals surface area contributed by atoms with Crippen LogP contribution in [0.4, 0.5) is 0 Å². The van der Waals surface area contributed by atoms with Crippen molar-refractivity contribution in [3.63, 3.8) is 0 Å². The number of hydrogen-bond acceptors (Lipinski definition) is 6. The van der Waals surface area contributed by atoms with E-state index in [9.17, 15) is 9.90 Å². The Labute approximate surface area is 219 Å². The molecule has 0 spiro atoms. The van der Waals surface area contributed by atoms with Crippen molar-refractivity contribution in [1.82, 2.24) is 24.8 Å². The highest BCUT2D eigenvalue weighted by Crippen LogP contribution is 2.21. The van der Waals surface area contributed by atoms with Gasteiger partial charge in [0.25, 0.3) is 0 Å². The Morgan fingerprint density at radius 1 is 1.14 bits per heavy atom. The number of amides is 1. The number of hydrogen-bond donors (Lipinski definition) is 1. The minimum Gasteiger partial charge on any atom is -0.394 e. The van der Waals surface area contributed by atoms with E-state index in [0.717, 1.165) is 12.2 Å². The topological polar surface area (TPSA) is 83.7 Å². The molecule has 1 amide bonds. The predicted molar refractivity (Wildman–Crippen MR) is 143 cm³/mol. The zero-order valence-electron chi connectivity index (χ0n) is 22.2. The van der Waals surface area contributed by atoms with Crippen molar-refractivity contribution < 1.29 is 14.6 Å². The normalized spacial score (nSPS) is 20.2. The predicted octanol–water partition coefficient (Wildman–Crippen LogP) is 3.60. The standard InChI is InChI=1S/C29H39N5O3/c1-22-16-34(23(2)20-35)29(36)10-7-15-33-18-27(30-31-33)21-37-28(22)19-32(3)17-24-11-13-26(14-12-24)25-8-5-4-6-9-25/h4-6,8-9,11-14,18,22-23,28,35H,7,10,15-17,19-21H2,1-3H3/t22-,23-,28-/m0/s1. The lowest BCUT2D eigenvalue weighted by molar-refractivity contribution is -0.136. The first-order valence-corrected chi connectivity index (χ1v) is 13.2. The van der Waals surface area contributed by atoms with Gasteiger partial charge in [-0.05, 0) is 37.1 Å². The average Bonchev–Trinajstić information content (AvgIpc) is 3.37. The van der Waals surface area contributed by atoms with Gasteiger partial charge >= 0.3 is 0 Å². The van der Waals surface area contributed by atoms with E-state index >= 15 is 0 Å². The molecule has 0 fully saturated rings. The second-order valence-corrected chi connectivity index (χ2v) is 10.2. The van der Waals surface area contributed by atoms with Crippen LogP contribution in [0.3, 0.4) is 0 Å². The van der Waals surface area contributed by atoms with Crippen molar-refractivity contribution in [1.29, 1.82) is 0 Å². The smallest absolute Gasteiger partial charge is 0.222 e. The van der Waals surface area contributed by atoms with Crippen LogP contribution in [-0.2, 0) is 29.2 Å². The summed E-state index contributed by atoms with van der Waals surface area (Å²) in [5.41, 5.74) is 4.44. The lowest BCUT2D eigenvalue weighted by Gasteiger charge is -2.35. The van der Waals surface area contributed by atoms with Crippen LogP contribution in [0.15, 0.2) is 60.8 Å². The molecule has 37 heavy (non-hydrogen) atoms. The first-order valence-electron chi connectivity index (χ1n) is 13.2. The molecule has 0 saturated carbocycles. The SMILES string of the molecule is C[C@H]1CN([C@@H](C)CO)C(=O)CCCn2cc(nn2)CO[C@H]1CN(C)Cc1ccc(-c2ccccc2)cc1. The molecule has 3 atom stereocenters. The summed E-state index contributed by atoms with van der Waals surface area (Å²) in [6, 6.07) is 18.8. The first-order chi connectivity index (χ1) is 17.9. The van der Waals surface area contributed by atoms with Gasteiger partial charge in [-0.3, -0.25) is 14.4 Å². The fraction of sp³-hybridized carbons (Fsp3) is 0.483. The number of likely N-dealkylation sites (N-methyl/N-ethyl adjacent to an activating group) is 1. The van der Waals surface area contributed by atoms with E-state index in [1.54, 1.807) is 4.68 Å². The second-order valence-electron chi connectivity index (χ2n) is 10.2. The fourth-order valence-corrected chi connectivity index (χ4v) is 4.81.